The lowest BCUT2D eigenvalue weighted by Crippen LogP contribution is -2.42. The second-order valence-electron chi connectivity index (χ2n) is 4.62. The molecule has 0 aliphatic carbocycles. The lowest BCUT2D eigenvalue weighted by Gasteiger charge is -2.27. The van der Waals surface area contributed by atoms with E-state index in [0.29, 0.717) is 0 Å². The van der Waals surface area contributed by atoms with Crippen molar-refractivity contribution >= 4 is 27.7 Å². The van der Waals surface area contributed by atoms with E-state index in [-0.39, 0.29) is 30.1 Å². The SMILES string of the molecule is CCC(NC(=O)C1=CN2CCS(=O)(=O)N=C2C=C1)C(=O)O. The Labute approximate surface area is 121 Å². The third kappa shape index (κ3) is 3.48. The van der Waals surface area contributed by atoms with Crippen LogP contribution in [0.5, 0.6) is 0 Å². The summed E-state index contributed by atoms with van der Waals surface area (Å²) in [6.07, 6.45) is 4.58. The summed E-state index contributed by atoms with van der Waals surface area (Å²) in [5.41, 5.74) is 0.257. The number of hydrogen-bond acceptors (Lipinski definition) is 5. The number of nitrogens with zero attached hydrogens (tertiary/aromatic N) is 2. The molecular weight excluding hydrogens is 298 g/mol. The summed E-state index contributed by atoms with van der Waals surface area (Å²) < 4.78 is 26.3. The number of sulfonamides is 1. The minimum atomic E-state index is -3.44. The topological polar surface area (TPSA) is 116 Å². The molecule has 2 heterocycles. The smallest absolute Gasteiger partial charge is 0.326 e. The summed E-state index contributed by atoms with van der Waals surface area (Å²) in [4.78, 5) is 24.4. The van der Waals surface area contributed by atoms with Crippen LogP contribution in [-0.4, -0.2) is 54.5 Å². The monoisotopic (exact) mass is 313 g/mol. The molecule has 0 aromatic carbocycles. The second-order valence-corrected chi connectivity index (χ2v) is 6.37. The number of carboxylic acids is 1. The molecule has 9 heteroatoms. The quantitative estimate of drug-likeness (QED) is 0.720. The van der Waals surface area contributed by atoms with E-state index in [0.717, 1.165) is 0 Å². The first-order chi connectivity index (χ1) is 9.82. The number of fused-ring (bicyclic) bond motifs is 1. The van der Waals surface area contributed by atoms with Crippen LogP contribution < -0.4 is 5.32 Å². The number of hydrogen-bond donors (Lipinski definition) is 2. The van der Waals surface area contributed by atoms with Gasteiger partial charge < -0.3 is 15.3 Å². The molecule has 2 aliphatic heterocycles. The van der Waals surface area contributed by atoms with E-state index in [1.54, 1.807) is 11.8 Å². The van der Waals surface area contributed by atoms with E-state index < -0.39 is 27.9 Å². The van der Waals surface area contributed by atoms with Gasteiger partial charge in [-0.3, -0.25) is 4.79 Å². The highest BCUT2D eigenvalue weighted by Gasteiger charge is 2.26. The van der Waals surface area contributed by atoms with Gasteiger partial charge in [-0.1, -0.05) is 6.92 Å². The van der Waals surface area contributed by atoms with Crippen LogP contribution in [-0.2, 0) is 19.6 Å². The van der Waals surface area contributed by atoms with Crippen LogP contribution in [0.3, 0.4) is 0 Å². The number of nitrogens with one attached hydrogen (secondary N) is 1. The van der Waals surface area contributed by atoms with Crippen molar-refractivity contribution in [3.05, 3.63) is 23.9 Å². The molecule has 0 fully saturated rings. The number of carbonyl (C=O) groups excluding carboxylic acids is 1. The van der Waals surface area contributed by atoms with Gasteiger partial charge in [0.05, 0.1) is 11.3 Å². The van der Waals surface area contributed by atoms with Gasteiger partial charge in [-0.05, 0) is 18.6 Å². The average molecular weight is 313 g/mol. The Balaban J connectivity index is 2.14. The van der Waals surface area contributed by atoms with Crippen LogP contribution in [0, 0.1) is 0 Å². The van der Waals surface area contributed by atoms with Gasteiger partial charge in [-0.25, -0.2) is 13.2 Å². The van der Waals surface area contributed by atoms with Crippen LogP contribution in [0.4, 0.5) is 0 Å². The van der Waals surface area contributed by atoms with Crippen molar-refractivity contribution in [2.24, 2.45) is 4.40 Å². The van der Waals surface area contributed by atoms with E-state index in [2.05, 4.69) is 9.71 Å². The Kier molecular flexibility index (Phi) is 4.12. The summed E-state index contributed by atoms with van der Waals surface area (Å²) in [5.74, 6) is -1.49. The number of amidine groups is 1. The number of amides is 1. The average Bonchev–Trinajstić information content (AvgIpc) is 2.42. The van der Waals surface area contributed by atoms with Gasteiger partial charge in [0.2, 0.25) is 0 Å². The van der Waals surface area contributed by atoms with E-state index in [4.69, 9.17) is 5.11 Å². The van der Waals surface area contributed by atoms with Gasteiger partial charge in [-0.2, -0.15) is 0 Å². The summed E-state index contributed by atoms with van der Waals surface area (Å²) in [6.45, 7) is 1.86. The van der Waals surface area contributed by atoms with Gasteiger partial charge in [0.15, 0.2) is 0 Å². The highest BCUT2D eigenvalue weighted by atomic mass is 32.2. The highest BCUT2D eigenvalue weighted by molar-refractivity contribution is 7.90. The van der Waals surface area contributed by atoms with Crippen LogP contribution in [0.15, 0.2) is 28.3 Å². The lowest BCUT2D eigenvalue weighted by molar-refractivity contribution is -0.141. The summed E-state index contributed by atoms with van der Waals surface area (Å²) in [5, 5.41) is 11.3. The van der Waals surface area contributed by atoms with Gasteiger partial charge >= 0.3 is 5.97 Å². The molecule has 0 bridgehead atoms. The maximum atomic E-state index is 12.0. The number of aliphatic carboxylic acids is 1. The van der Waals surface area contributed by atoms with Crippen molar-refractivity contribution in [2.75, 3.05) is 12.3 Å². The highest BCUT2D eigenvalue weighted by Crippen LogP contribution is 2.16. The Morgan fingerprint density at radius 3 is 2.81 bits per heavy atom. The van der Waals surface area contributed by atoms with Crippen molar-refractivity contribution < 1.29 is 23.1 Å². The number of carboxylic acid groups (broad SMARTS) is 1. The standard InChI is InChI=1S/C12H15N3O5S/c1-2-9(12(17)18)13-11(16)8-3-4-10-14-21(19,20)6-5-15(10)7-8/h3-4,7,9H,2,5-6H2,1H3,(H,13,16)(H,17,18). The van der Waals surface area contributed by atoms with Gasteiger partial charge in [-0.15, -0.1) is 4.40 Å². The predicted molar refractivity (Wildman–Crippen MR) is 75.0 cm³/mol. The zero-order valence-electron chi connectivity index (χ0n) is 11.3. The van der Waals surface area contributed by atoms with Crippen LogP contribution in [0.2, 0.25) is 0 Å². The zero-order valence-corrected chi connectivity index (χ0v) is 12.1. The van der Waals surface area contributed by atoms with Crippen LogP contribution >= 0.6 is 0 Å². The Morgan fingerprint density at radius 2 is 2.19 bits per heavy atom. The number of carbonyl (C=O) groups is 2. The molecule has 0 aromatic rings. The van der Waals surface area contributed by atoms with Gasteiger partial charge in [0.1, 0.15) is 11.9 Å². The third-order valence-electron chi connectivity index (χ3n) is 3.10. The fourth-order valence-electron chi connectivity index (χ4n) is 1.92. The first kappa shape index (κ1) is 15.2. The summed E-state index contributed by atoms with van der Waals surface area (Å²) in [6, 6.07) is -0.955. The predicted octanol–water partition coefficient (Wildman–Crippen LogP) is -0.537. The molecule has 21 heavy (non-hydrogen) atoms. The van der Waals surface area contributed by atoms with Crippen LogP contribution in [0.1, 0.15) is 13.3 Å². The first-order valence-electron chi connectivity index (χ1n) is 6.35. The molecule has 0 radical (unpaired) electrons. The van der Waals surface area contributed by atoms with E-state index in [1.165, 1.54) is 18.4 Å². The molecule has 0 spiro atoms. The van der Waals surface area contributed by atoms with Crippen LogP contribution in [0.25, 0.3) is 0 Å². The van der Waals surface area contributed by atoms with Gasteiger partial charge in [0.25, 0.3) is 15.9 Å². The Hall–Kier alpha value is -2.16. The van der Waals surface area contributed by atoms with Gasteiger partial charge in [0, 0.05) is 12.7 Å². The maximum Gasteiger partial charge on any atom is 0.326 e. The van der Waals surface area contributed by atoms with E-state index in [9.17, 15) is 18.0 Å². The minimum Gasteiger partial charge on any atom is -0.480 e. The van der Waals surface area contributed by atoms with Crippen molar-refractivity contribution in [2.45, 2.75) is 19.4 Å². The zero-order chi connectivity index (χ0) is 15.6. The molecule has 8 nitrogen and oxygen atoms in total. The largest absolute Gasteiger partial charge is 0.480 e. The molecular formula is C12H15N3O5S. The molecule has 114 valence electrons. The maximum absolute atomic E-state index is 12.0. The van der Waals surface area contributed by atoms with Crippen molar-refractivity contribution in [3.63, 3.8) is 0 Å². The summed E-state index contributed by atoms with van der Waals surface area (Å²) in [7, 11) is -3.44. The number of rotatable bonds is 4. The molecule has 0 aromatic heterocycles. The molecule has 1 amide bonds. The Morgan fingerprint density at radius 1 is 1.48 bits per heavy atom. The molecule has 0 saturated heterocycles. The molecule has 2 rings (SSSR count). The van der Waals surface area contributed by atoms with Crippen molar-refractivity contribution in [1.29, 1.82) is 0 Å². The van der Waals surface area contributed by atoms with E-state index in [1.807, 2.05) is 0 Å². The normalized spacial score (nSPS) is 20.9. The molecule has 1 atom stereocenters. The lowest BCUT2D eigenvalue weighted by atomic mass is 10.1. The van der Waals surface area contributed by atoms with E-state index >= 15 is 0 Å². The Bertz CT molecular complexity index is 662. The molecule has 0 saturated carbocycles. The second kappa shape index (κ2) is 5.68. The third-order valence-corrected chi connectivity index (χ3v) is 4.26. The van der Waals surface area contributed by atoms with Crippen molar-refractivity contribution in [1.82, 2.24) is 10.2 Å². The molecule has 2 N–H and O–H groups in total. The molecule has 1 unspecified atom stereocenters. The fraction of sp³-hybridized carbons (Fsp3) is 0.417. The first-order valence-corrected chi connectivity index (χ1v) is 7.96. The van der Waals surface area contributed by atoms with Crippen molar-refractivity contribution in [3.8, 4) is 0 Å². The minimum absolute atomic E-state index is 0.123. The summed E-state index contributed by atoms with van der Waals surface area (Å²) >= 11 is 0. The molecule has 2 aliphatic rings. The fourth-order valence-corrected chi connectivity index (χ4v) is 2.88.